The second-order valence-corrected chi connectivity index (χ2v) is 20.3. The average molecular weight is 902 g/mol. The lowest BCUT2D eigenvalue weighted by atomic mass is 9.82. The van der Waals surface area contributed by atoms with Crippen molar-refractivity contribution in [1.82, 2.24) is 24.1 Å². The van der Waals surface area contributed by atoms with E-state index in [0.29, 0.717) is 17.5 Å². The summed E-state index contributed by atoms with van der Waals surface area (Å²) in [5.74, 6) is 1.85. The second kappa shape index (κ2) is 15.3. The summed E-state index contributed by atoms with van der Waals surface area (Å²) in [5, 5.41) is 3.68. The lowest BCUT2D eigenvalue weighted by Gasteiger charge is -2.21. The summed E-state index contributed by atoms with van der Waals surface area (Å²) in [6.07, 6.45) is 4.34. The summed E-state index contributed by atoms with van der Waals surface area (Å²) < 4.78 is 4.82. The van der Waals surface area contributed by atoms with Gasteiger partial charge in [0, 0.05) is 66.3 Å². The van der Waals surface area contributed by atoms with Gasteiger partial charge in [0.25, 0.3) is 0 Å². The first kappa shape index (κ1) is 41.8. The highest BCUT2D eigenvalue weighted by atomic mass is 15.0. The molecule has 5 nitrogen and oxygen atoms in total. The van der Waals surface area contributed by atoms with Crippen molar-refractivity contribution in [3.63, 3.8) is 0 Å². The molecule has 0 spiro atoms. The van der Waals surface area contributed by atoms with Crippen molar-refractivity contribution < 1.29 is 0 Å². The largest absolute Gasteiger partial charge is 0.313 e. The van der Waals surface area contributed by atoms with Crippen LogP contribution in [-0.4, -0.2) is 24.1 Å². The first-order valence-electron chi connectivity index (χ1n) is 24.3. The van der Waals surface area contributed by atoms with Crippen molar-refractivity contribution in [1.29, 1.82) is 0 Å². The van der Waals surface area contributed by atoms with E-state index in [1.165, 1.54) is 71.7 Å². The van der Waals surface area contributed by atoms with Gasteiger partial charge in [0.1, 0.15) is 0 Å². The third-order valence-corrected chi connectivity index (χ3v) is 15.3. The van der Waals surface area contributed by atoms with Crippen LogP contribution in [0.3, 0.4) is 0 Å². The van der Waals surface area contributed by atoms with E-state index in [1.807, 2.05) is 25.1 Å². The van der Waals surface area contributed by atoms with Crippen molar-refractivity contribution in [2.75, 3.05) is 0 Å². The van der Waals surface area contributed by atoms with Gasteiger partial charge in [-0.05, 0) is 113 Å². The molecule has 336 valence electrons. The Morgan fingerprint density at radius 1 is 0.443 bits per heavy atom. The predicted octanol–water partition coefficient (Wildman–Crippen LogP) is 16.4. The van der Waals surface area contributed by atoms with Gasteiger partial charge < -0.3 is 9.13 Å². The van der Waals surface area contributed by atoms with Crippen molar-refractivity contribution in [2.45, 2.75) is 52.4 Å². The van der Waals surface area contributed by atoms with Crippen LogP contribution in [0.1, 0.15) is 68.1 Å². The van der Waals surface area contributed by atoms with E-state index in [0.717, 1.165) is 50.4 Å². The summed E-state index contributed by atoms with van der Waals surface area (Å²) in [5.41, 5.74) is 22.1. The molecule has 0 atom stereocenters. The molecule has 0 N–H and O–H groups in total. The van der Waals surface area contributed by atoms with Crippen LogP contribution >= 0.6 is 0 Å². The third kappa shape index (κ3) is 6.20. The molecule has 0 aliphatic heterocycles. The molecule has 5 heteroatoms. The highest BCUT2D eigenvalue weighted by Gasteiger charge is 2.38. The quantitative estimate of drug-likeness (QED) is 0.150. The minimum Gasteiger partial charge on any atom is -0.313 e. The highest BCUT2D eigenvalue weighted by Crippen LogP contribution is 2.52. The smallest absolute Gasteiger partial charge is 0.164 e. The molecule has 0 bridgehead atoms. The van der Waals surface area contributed by atoms with Crippen molar-refractivity contribution in [3.05, 3.63) is 228 Å². The molecule has 70 heavy (non-hydrogen) atoms. The minimum atomic E-state index is -0.143. The standard InChI is InChI=1S/C65H51N5/c1-39(2)31-32-46-40(3)69(59-37-56-50(35-52(46)59)47-25-11-14-28-54(47)64(56,4)5)44-23-17-21-42(33-44)62-66-61(41-19-9-8-10-20-41)67-63(68-62)43-22-18-24-45(34-43)70-58-30-16-13-27-49(58)53-36-51-48-26-12-15-29-55(48)65(6,7)57(51)38-60(53)70/h8-38H,1H2,2-7H3. The zero-order valence-electron chi connectivity index (χ0n) is 40.3. The Balaban J connectivity index is 0.970. The van der Waals surface area contributed by atoms with E-state index in [4.69, 9.17) is 15.0 Å². The average Bonchev–Trinajstić information content (AvgIpc) is 4.01. The molecule has 2 aliphatic carbocycles. The van der Waals surface area contributed by atoms with Crippen LogP contribution < -0.4 is 0 Å². The zero-order valence-corrected chi connectivity index (χ0v) is 40.3. The molecule has 0 saturated heterocycles. The number of allylic oxidation sites excluding steroid dienone is 2. The maximum atomic E-state index is 5.34. The van der Waals surface area contributed by atoms with E-state index in [1.54, 1.807) is 0 Å². The number of hydrogen-bond acceptors (Lipinski definition) is 3. The fourth-order valence-electron chi connectivity index (χ4n) is 11.8. The van der Waals surface area contributed by atoms with Gasteiger partial charge in [-0.1, -0.05) is 173 Å². The Labute approximate surface area is 408 Å². The summed E-state index contributed by atoms with van der Waals surface area (Å²) >= 11 is 0. The molecule has 3 aromatic heterocycles. The monoisotopic (exact) mass is 901 g/mol. The molecule has 13 rings (SSSR count). The SMILES string of the molecule is C=C(C)C=Cc1c(C)n(-c2cccc(-c3nc(-c4ccccc4)nc(-c4cccc(-n5c6ccccc6c6cc7c(cc65)C(C)(C)c5ccccc5-7)c4)n3)c2)c2cc3c(cc12)-c1ccccc1C3(C)C. The Morgan fingerprint density at radius 3 is 1.53 bits per heavy atom. The van der Waals surface area contributed by atoms with Crippen LogP contribution in [0.5, 0.6) is 0 Å². The van der Waals surface area contributed by atoms with Crippen molar-refractivity contribution in [2.24, 2.45) is 0 Å². The topological polar surface area (TPSA) is 48.5 Å². The first-order valence-corrected chi connectivity index (χ1v) is 24.3. The van der Waals surface area contributed by atoms with Crippen LogP contribution in [0.15, 0.2) is 194 Å². The zero-order chi connectivity index (χ0) is 47.6. The van der Waals surface area contributed by atoms with Gasteiger partial charge in [-0.25, -0.2) is 15.0 Å². The molecule has 0 unspecified atom stereocenters. The summed E-state index contributed by atoms with van der Waals surface area (Å²) in [7, 11) is 0. The van der Waals surface area contributed by atoms with Crippen molar-refractivity contribution in [3.8, 4) is 67.8 Å². The maximum Gasteiger partial charge on any atom is 0.164 e. The number of hydrogen-bond donors (Lipinski definition) is 0. The molecular formula is C65H51N5. The number of fused-ring (bicyclic) bond motifs is 10. The van der Waals surface area contributed by atoms with E-state index in [-0.39, 0.29) is 10.8 Å². The molecule has 2 aliphatic rings. The lowest BCUT2D eigenvalue weighted by molar-refractivity contribution is 0.661. The molecule has 0 amide bonds. The number of benzene rings is 8. The van der Waals surface area contributed by atoms with Crippen LogP contribution in [0.4, 0.5) is 0 Å². The van der Waals surface area contributed by atoms with Gasteiger partial charge in [0.2, 0.25) is 0 Å². The van der Waals surface area contributed by atoms with E-state index in [2.05, 4.69) is 220 Å². The highest BCUT2D eigenvalue weighted by molar-refractivity contribution is 6.12. The number of rotatable bonds is 7. The molecular weight excluding hydrogens is 851 g/mol. The lowest BCUT2D eigenvalue weighted by Crippen LogP contribution is -2.15. The fourth-order valence-corrected chi connectivity index (χ4v) is 11.8. The molecule has 8 aromatic carbocycles. The van der Waals surface area contributed by atoms with E-state index < -0.39 is 0 Å². The molecule has 3 heterocycles. The number of aromatic nitrogens is 5. The normalized spacial score (nSPS) is 14.1. The Hall–Kier alpha value is -8.41. The summed E-state index contributed by atoms with van der Waals surface area (Å²) in [6, 6.07) is 63.8. The van der Waals surface area contributed by atoms with Gasteiger partial charge in [-0.3, -0.25) is 0 Å². The van der Waals surface area contributed by atoms with Crippen LogP contribution in [-0.2, 0) is 10.8 Å². The molecule has 0 saturated carbocycles. The van der Waals surface area contributed by atoms with E-state index in [9.17, 15) is 0 Å². The third-order valence-electron chi connectivity index (χ3n) is 15.3. The fraction of sp³-hybridized carbons (Fsp3) is 0.123. The van der Waals surface area contributed by atoms with Crippen LogP contribution in [0.25, 0.3) is 107 Å². The van der Waals surface area contributed by atoms with Gasteiger partial charge in [-0.15, -0.1) is 0 Å². The second-order valence-electron chi connectivity index (χ2n) is 20.3. The minimum absolute atomic E-state index is 0.129. The maximum absolute atomic E-state index is 5.34. The van der Waals surface area contributed by atoms with Crippen LogP contribution in [0.2, 0.25) is 0 Å². The Morgan fingerprint density at radius 2 is 0.929 bits per heavy atom. The number of nitrogens with zero attached hydrogens (tertiary/aromatic N) is 5. The summed E-state index contributed by atoms with van der Waals surface area (Å²) in [6.45, 7) is 17.9. The van der Waals surface area contributed by atoms with Gasteiger partial charge in [-0.2, -0.15) is 0 Å². The van der Waals surface area contributed by atoms with Crippen LogP contribution in [0, 0.1) is 6.92 Å². The Bertz CT molecular complexity index is 4040. The number of para-hydroxylation sites is 1. The Kier molecular flexibility index (Phi) is 9.12. The predicted molar refractivity (Wildman–Crippen MR) is 291 cm³/mol. The van der Waals surface area contributed by atoms with Gasteiger partial charge in [0.05, 0.1) is 16.6 Å². The molecule has 0 fully saturated rings. The van der Waals surface area contributed by atoms with Gasteiger partial charge in [0.15, 0.2) is 17.5 Å². The van der Waals surface area contributed by atoms with E-state index >= 15 is 0 Å². The molecule has 11 aromatic rings. The van der Waals surface area contributed by atoms with Crippen molar-refractivity contribution >= 4 is 38.8 Å². The van der Waals surface area contributed by atoms with Gasteiger partial charge >= 0.3 is 0 Å². The molecule has 0 radical (unpaired) electrons. The summed E-state index contributed by atoms with van der Waals surface area (Å²) in [4.78, 5) is 15.8. The first-order chi connectivity index (χ1) is 34.0.